The van der Waals surface area contributed by atoms with Gasteiger partial charge in [0.15, 0.2) is 5.78 Å². The summed E-state index contributed by atoms with van der Waals surface area (Å²) in [6.45, 7) is 10.5. The van der Waals surface area contributed by atoms with Gasteiger partial charge < -0.3 is 15.3 Å². The van der Waals surface area contributed by atoms with Gasteiger partial charge in [-0.3, -0.25) is 14.6 Å². The zero-order valence-corrected chi connectivity index (χ0v) is 21.9. The maximum Gasteiger partial charge on any atom is 0.176 e. The van der Waals surface area contributed by atoms with Gasteiger partial charge in [0.05, 0.1) is 26.4 Å². The van der Waals surface area contributed by atoms with Gasteiger partial charge in [0.1, 0.15) is 0 Å². The van der Waals surface area contributed by atoms with E-state index in [4.69, 9.17) is 0 Å². The number of benzene rings is 2. The number of rotatable bonds is 8. The number of aliphatic hydroxyl groups excluding tert-OH is 3. The number of hydrogen-bond acceptors (Lipinski definition) is 6. The molecule has 1 fully saturated rings. The lowest BCUT2D eigenvalue weighted by Gasteiger charge is -2.34. The molecule has 3 rings (SSSR count). The molecule has 0 radical (unpaired) electrons. The van der Waals surface area contributed by atoms with Crippen LogP contribution in [-0.2, 0) is 31.8 Å². The van der Waals surface area contributed by atoms with Crippen molar-refractivity contribution >= 4 is 30.6 Å². The molecule has 0 saturated carbocycles. The number of carbonyl (C=O) groups is 1. The molecule has 1 aliphatic rings. The monoisotopic (exact) mass is 512 g/mol. The van der Waals surface area contributed by atoms with E-state index in [1.54, 1.807) is 12.1 Å². The first-order valence-electron chi connectivity index (χ1n) is 11.3. The van der Waals surface area contributed by atoms with E-state index in [9.17, 15) is 20.1 Å². The van der Waals surface area contributed by atoms with Crippen molar-refractivity contribution in [3.05, 3.63) is 69.8 Å². The van der Waals surface area contributed by atoms with Gasteiger partial charge in [0.25, 0.3) is 0 Å². The van der Waals surface area contributed by atoms with Crippen molar-refractivity contribution in [3.8, 4) is 0 Å². The molecule has 0 aromatic heterocycles. The molecule has 3 N–H and O–H groups in total. The first-order valence-corrected chi connectivity index (χ1v) is 11.3. The van der Waals surface area contributed by atoms with Crippen molar-refractivity contribution < 1.29 is 20.1 Å². The van der Waals surface area contributed by atoms with Crippen LogP contribution >= 0.6 is 24.8 Å². The molecule has 6 nitrogen and oxygen atoms in total. The lowest BCUT2D eigenvalue weighted by atomic mass is 9.87. The highest BCUT2D eigenvalue weighted by Gasteiger charge is 2.21. The second-order valence-electron chi connectivity index (χ2n) is 9.67. The van der Waals surface area contributed by atoms with Gasteiger partial charge in [0.2, 0.25) is 0 Å². The molecule has 1 aliphatic heterocycles. The second kappa shape index (κ2) is 13.5. The third kappa shape index (κ3) is 7.75. The highest BCUT2D eigenvalue weighted by molar-refractivity contribution is 5.98. The minimum atomic E-state index is -0.278. The van der Waals surface area contributed by atoms with E-state index in [1.807, 2.05) is 0 Å². The first-order chi connectivity index (χ1) is 15.2. The predicted molar refractivity (Wildman–Crippen MR) is 140 cm³/mol. The Kier molecular flexibility index (Phi) is 12.2. The Labute approximate surface area is 215 Å². The Bertz CT molecular complexity index is 896. The van der Waals surface area contributed by atoms with Gasteiger partial charge in [-0.2, -0.15) is 0 Å². The van der Waals surface area contributed by atoms with E-state index in [1.165, 1.54) is 11.1 Å². The number of piperazine rings is 1. The number of Topliss-reactive ketones (excluding diaryl/α,β-unsaturated/α-hetero) is 1. The van der Waals surface area contributed by atoms with Crippen molar-refractivity contribution in [2.75, 3.05) is 32.7 Å². The van der Waals surface area contributed by atoms with Crippen LogP contribution in [0.25, 0.3) is 0 Å². The Morgan fingerprint density at radius 2 is 1.32 bits per heavy atom. The molecule has 0 atom stereocenters. The number of carbonyl (C=O) groups excluding carboxylic acids is 1. The molecule has 1 heterocycles. The van der Waals surface area contributed by atoms with Crippen LogP contribution in [0.15, 0.2) is 36.4 Å². The molecule has 2 aromatic rings. The number of ketones is 1. The summed E-state index contributed by atoms with van der Waals surface area (Å²) in [4.78, 5) is 17.4. The van der Waals surface area contributed by atoms with Crippen LogP contribution in [0.2, 0.25) is 0 Å². The molecular weight excluding hydrogens is 475 g/mol. The van der Waals surface area contributed by atoms with Crippen molar-refractivity contribution in [2.24, 2.45) is 0 Å². The maximum atomic E-state index is 12.9. The minimum absolute atomic E-state index is 0. The summed E-state index contributed by atoms with van der Waals surface area (Å²) in [5.41, 5.74) is 4.75. The fraction of sp³-hybridized carbons (Fsp3) is 0.500. The van der Waals surface area contributed by atoms with Crippen LogP contribution < -0.4 is 0 Å². The zero-order valence-electron chi connectivity index (χ0n) is 20.3. The highest BCUT2D eigenvalue weighted by atomic mass is 35.5. The number of halogens is 2. The SMILES string of the molecule is CC(C)(C)c1ccc(CN2CCN(CC(=O)c3cc(CO)c(CO)c(CO)c3)CC2)cc1.Cl.Cl. The predicted octanol–water partition coefficient (Wildman–Crippen LogP) is 3.31. The van der Waals surface area contributed by atoms with Gasteiger partial charge in [-0.05, 0) is 45.4 Å². The molecule has 34 heavy (non-hydrogen) atoms. The van der Waals surface area contributed by atoms with Gasteiger partial charge in [-0.25, -0.2) is 0 Å². The fourth-order valence-corrected chi connectivity index (χ4v) is 4.21. The van der Waals surface area contributed by atoms with E-state index in [-0.39, 0.29) is 55.8 Å². The molecule has 190 valence electrons. The highest BCUT2D eigenvalue weighted by Crippen LogP contribution is 2.23. The molecular formula is C26H38Cl2N2O4. The summed E-state index contributed by atoms with van der Waals surface area (Å²) in [5.74, 6) is -0.0369. The van der Waals surface area contributed by atoms with Crippen LogP contribution in [0.3, 0.4) is 0 Å². The largest absolute Gasteiger partial charge is 0.392 e. The van der Waals surface area contributed by atoms with Gasteiger partial charge in [-0.15, -0.1) is 24.8 Å². The minimum Gasteiger partial charge on any atom is -0.392 e. The Morgan fingerprint density at radius 1 is 0.824 bits per heavy atom. The number of aliphatic hydroxyl groups is 3. The smallest absolute Gasteiger partial charge is 0.176 e. The van der Waals surface area contributed by atoms with E-state index in [2.05, 4.69) is 54.8 Å². The average Bonchev–Trinajstić information content (AvgIpc) is 2.79. The number of hydrogen-bond donors (Lipinski definition) is 3. The summed E-state index contributed by atoms with van der Waals surface area (Å²) in [5, 5.41) is 28.7. The van der Waals surface area contributed by atoms with Crippen LogP contribution in [0.4, 0.5) is 0 Å². The third-order valence-corrected chi connectivity index (χ3v) is 6.31. The molecule has 2 aromatic carbocycles. The first kappa shape index (κ1) is 30.5. The van der Waals surface area contributed by atoms with Gasteiger partial charge in [-0.1, -0.05) is 45.0 Å². The quantitative estimate of drug-likeness (QED) is 0.470. The lowest BCUT2D eigenvalue weighted by molar-refractivity contribution is 0.0843. The molecule has 0 aliphatic carbocycles. The average molecular weight is 514 g/mol. The summed E-state index contributed by atoms with van der Waals surface area (Å²) < 4.78 is 0. The maximum absolute atomic E-state index is 12.9. The van der Waals surface area contributed by atoms with Crippen LogP contribution in [0.1, 0.15) is 58.9 Å². The zero-order chi connectivity index (χ0) is 23.3. The normalized spacial score (nSPS) is 14.9. The molecule has 0 bridgehead atoms. The van der Waals surface area contributed by atoms with E-state index >= 15 is 0 Å². The van der Waals surface area contributed by atoms with Crippen molar-refractivity contribution in [1.82, 2.24) is 9.80 Å². The molecule has 8 heteroatoms. The van der Waals surface area contributed by atoms with Gasteiger partial charge >= 0.3 is 0 Å². The summed E-state index contributed by atoms with van der Waals surface area (Å²) in [7, 11) is 0. The second-order valence-corrected chi connectivity index (χ2v) is 9.67. The van der Waals surface area contributed by atoms with Crippen LogP contribution in [-0.4, -0.2) is 63.6 Å². The van der Waals surface area contributed by atoms with Crippen molar-refractivity contribution in [3.63, 3.8) is 0 Å². The molecule has 1 saturated heterocycles. The summed E-state index contributed by atoms with van der Waals surface area (Å²) >= 11 is 0. The Balaban J connectivity index is 0.00000289. The van der Waals surface area contributed by atoms with Crippen molar-refractivity contribution in [1.29, 1.82) is 0 Å². The van der Waals surface area contributed by atoms with Gasteiger partial charge in [0, 0.05) is 38.3 Å². The molecule has 0 unspecified atom stereocenters. The number of nitrogens with zero attached hydrogens (tertiary/aromatic N) is 2. The topological polar surface area (TPSA) is 84.2 Å². The fourth-order valence-electron chi connectivity index (χ4n) is 4.21. The van der Waals surface area contributed by atoms with E-state index < -0.39 is 0 Å². The Hall–Kier alpha value is -1.51. The van der Waals surface area contributed by atoms with Crippen LogP contribution in [0, 0.1) is 0 Å². The molecule has 0 amide bonds. The lowest BCUT2D eigenvalue weighted by Crippen LogP contribution is -2.47. The third-order valence-electron chi connectivity index (χ3n) is 6.31. The van der Waals surface area contributed by atoms with Crippen LogP contribution in [0.5, 0.6) is 0 Å². The van der Waals surface area contributed by atoms with E-state index in [0.29, 0.717) is 28.8 Å². The summed E-state index contributed by atoms with van der Waals surface area (Å²) in [6.07, 6.45) is 0. The molecule has 0 spiro atoms. The van der Waals surface area contributed by atoms with Crippen molar-refractivity contribution in [2.45, 2.75) is 52.6 Å². The Morgan fingerprint density at radius 3 is 1.76 bits per heavy atom. The summed E-state index contributed by atoms with van der Waals surface area (Å²) in [6, 6.07) is 12.1. The van der Waals surface area contributed by atoms with E-state index in [0.717, 1.165) is 32.7 Å². The standard InChI is InChI=1S/C26H36N2O4.2ClH/c1-26(2,3)23-6-4-19(5-7-23)14-27-8-10-28(11-9-27)15-25(32)20-12-21(16-29)24(18-31)22(13-20)17-30;;/h4-7,12-13,29-31H,8-11,14-18H2,1-3H3;2*1H.